The molecule has 0 bridgehead atoms. The maximum Gasteiger partial charge on any atom is 0.317 e. The highest BCUT2D eigenvalue weighted by Crippen LogP contribution is 2.30. The Morgan fingerprint density at radius 3 is 2.40 bits per heavy atom. The van der Waals surface area contributed by atoms with Crippen molar-refractivity contribution in [1.29, 1.82) is 0 Å². The molecule has 6 nitrogen and oxygen atoms in total. The number of nitrogens with zero attached hydrogens (tertiary/aromatic N) is 1. The number of carboxylic acid groups (broad SMARTS) is 1. The van der Waals surface area contributed by atoms with Crippen molar-refractivity contribution in [2.75, 3.05) is 26.3 Å². The van der Waals surface area contributed by atoms with Gasteiger partial charge in [-0.05, 0) is 33.1 Å². The van der Waals surface area contributed by atoms with E-state index in [0.29, 0.717) is 32.6 Å². The third-order valence-electron chi connectivity index (χ3n) is 3.83. The highest BCUT2D eigenvalue weighted by molar-refractivity contribution is 5.78. The fourth-order valence-corrected chi connectivity index (χ4v) is 2.41. The summed E-state index contributed by atoms with van der Waals surface area (Å²) in [4.78, 5) is 25.4. The number of urea groups is 1. The fourth-order valence-electron chi connectivity index (χ4n) is 2.41. The van der Waals surface area contributed by atoms with E-state index in [4.69, 9.17) is 4.74 Å². The quantitative estimate of drug-likeness (QED) is 0.779. The van der Waals surface area contributed by atoms with Crippen LogP contribution in [0.4, 0.5) is 4.79 Å². The Morgan fingerprint density at radius 2 is 1.95 bits per heavy atom. The van der Waals surface area contributed by atoms with Crippen LogP contribution in [-0.4, -0.2) is 54.4 Å². The zero-order valence-electron chi connectivity index (χ0n) is 12.6. The molecule has 2 amide bonds. The highest BCUT2D eigenvalue weighted by atomic mass is 16.5. The number of amides is 2. The topological polar surface area (TPSA) is 78.9 Å². The van der Waals surface area contributed by atoms with Gasteiger partial charge in [-0.25, -0.2) is 4.79 Å². The van der Waals surface area contributed by atoms with Crippen LogP contribution in [0.5, 0.6) is 0 Å². The van der Waals surface area contributed by atoms with Crippen LogP contribution in [0, 0.1) is 5.41 Å². The van der Waals surface area contributed by atoms with Crippen LogP contribution < -0.4 is 5.32 Å². The second kappa shape index (κ2) is 7.47. The molecule has 116 valence electrons. The first-order valence-electron chi connectivity index (χ1n) is 7.28. The number of rotatable bonds is 6. The van der Waals surface area contributed by atoms with E-state index >= 15 is 0 Å². The molecule has 0 aromatic rings. The van der Waals surface area contributed by atoms with Crippen LogP contribution in [0.3, 0.4) is 0 Å². The molecule has 1 heterocycles. The molecule has 0 aromatic carbocycles. The van der Waals surface area contributed by atoms with Gasteiger partial charge in [-0.3, -0.25) is 4.79 Å². The molecule has 0 spiro atoms. The van der Waals surface area contributed by atoms with Gasteiger partial charge in [-0.15, -0.1) is 0 Å². The molecule has 1 aliphatic rings. The summed E-state index contributed by atoms with van der Waals surface area (Å²) in [5.74, 6) is -0.854. The van der Waals surface area contributed by atoms with Gasteiger partial charge in [-0.2, -0.15) is 0 Å². The van der Waals surface area contributed by atoms with E-state index in [1.54, 1.807) is 4.90 Å². The van der Waals surface area contributed by atoms with Gasteiger partial charge in [-0.1, -0.05) is 6.92 Å². The van der Waals surface area contributed by atoms with Gasteiger partial charge < -0.3 is 20.1 Å². The number of hydrogen-bond acceptors (Lipinski definition) is 3. The maximum atomic E-state index is 12.2. The van der Waals surface area contributed by atoms with Crippen molar-refractivity contribution in [3.63, 3.8) is 0 Å². The summed E-state index contributed by atoms with van der Waals surface area (Å²) in [6.07, 6.45) is 1.76. The Bertz CT molecular complexity index is 338. The molecule has 1 aliphatic heterocycles. The predicted octanol–water partition coefficient (Wildman–Crippen LogP) is 1.70. The average molecular weight is 286 g/mol. The summed E-state index contributed by atoms with van der Waals surface area (Å²) in [6, 6.07) is -0.0839. The zero-order valence-corrected chi connectivity index (χ0v) is 12.6. The van der Waals surface area contributed by atoms with Crippen LogP contribution in [0.15, 0.2) is 0 Å². The van der Waals surface area contributed by atoms with Gasteiger partial charge in [0.15, 0.2) is 0 Å². The van der Waals surface area contributed by atoms with Crippen LogP contribution in [0.1, 0.15) is 40.0 Å². The Labute approximate surface area is 120 Å². The molecule has 0 saturated carbocycles. The number of aliphatic carboxylic acids is 1. The van der Waals surface area contributed by atoms with Gasteiger partial charge in [0.1, 0.15) is 0 Å². The van der Waals surface area contributed by atoms with Crippen LogP contribution in [0.25, 0.3) is 0 Å². The first-order chi connectivity index (χ1) is 9.43. The molecule has 2 N–H and O–H groups in total. The van der Waals surface area contributed by atoms with Crippen molar-refractivity contribution < 1.29 is 19.4 Å². The van der Waals surface area contributed by atoms with Crippen molar-refractivity contribution in [2.45, 2.75) is 46.1 Å². The Kier molecular flexibility index (Phi) is 6.26. The van der Waals surface area contributed by atoms with E-state index in [1.807, 2.05) is 20.8 Å². The second-order valence-corrected chi connectivity index (χ2v) is 5.64. The number of ether oxygens (including phenoxy) is 1. The number of carbonyl (C=O) groups excluding carboxylic acids is 1. The largest absolute Gasteiger partial charge is 0.481 e. The average Bonchev–Trinajstić information content (AvgIpc) is 2.42. The molecular formula is C14H26N2O4. The molecule has 6 heteroatoms. The minimum Gasteiger partial charge on any atom is -0.481 e. The molecule has 1 rings (SSSR count). The molecule has 1 fully saturated rings. The summed E-state index contributed by atoms with van der Waals surface area (Å²) >= 11 is 0. The van der Waals surface area contributed by atoms with Crippen molar-refractivity contribution in [3.05, 3.63) is 0 Å². The Hall–Kier alpha value is -1.30. The van der Waals surface area contributed by atoms with E-state index in [9.17, 15) is 14.7 Å². The SMILES string of the molecule is CCCN(C(=O)NCC1(C(=O)O)CCOCC1)C(C)C. The van der Waals surface area contributed by atoms with Crippen molar-refractivity contribution in [3.8, 4) is 0 Å². The molecule has 0 radical (unpaired) electrons. The summed E-state index contributed by atoms with van der Waals surface area (Å²) in [5.41, 5.74) is -0.886. The lowest BCUT2D eigenvalue weighted by atomic mass is 9.80. The minimum absolute atomic E-state index is 0.102. The summed E-state index contributed by atoms with van der Waals surface area (Å²) < 4.78 is 5.22. The first kappa shape index (κ1) is 16.8. The minimum atomic E-state index is -0.886. The van der Waals surface area contributed by atoms with Gasteiger partial charge in [0.2, 0.25) is 0 Å². The third-order valence-corrected chi connectivity index (χ3v) is 3.83. The fraction of sp³-hybridized carbons (Fsp3) is 0.857. The Morgan fingerprint density at radius 1 is 1.35 bits per heavy atom. The summed E-state index contributed by atoms with van der Waals surface area (Å²) in [5, 5.41) is 12.2. The number of carboxylic acids is 1. The Balaban J connectivity index is 2.62. The van der Waals surface area contributed by atoms with Crippen LogP contribution in [-0.2, 0) is 9.53 Å². The summed E-state index contributed by atoms with van der Waals surface area (Å²) in [6.45, 7) is 7.63. The molecule has 0 unspecified atom stereocenters. The molecule has 20 heavy (non-hydrogen) atoms. The number of hydrogen-bond donors (Lipinski definition) is 2. The van der Waals surface area contributed by atoms with Crippen molar-refractivity contribution >= 4 is 12.0 Å². The zero-order chi connectivity index (χ0) is 15.2. The van der Waals surface area contributed by atoms with Crippen LogP contribution >= 0.6 is 0 Å². The first-order valence-corrected chi connectivity index (χ1v) is 7.28. The van der Waals surface area contributed by atoms with Crippen molar-refractivity contribution in [2.24, 2.45) is 5.41 Å². The van der Waals surface area contributed by atoms with Gasteiger partial charge in [0, 0.05) is 32.3 Å². The predicted molar refractivity (Wildman–Crippen MR) is 75.7 cm³/mol. The van der Waals surface area contributed by atoms with E-state index in [2.05, 4.69) is 5.32 Å². The molecular weight excluding hydrogens is 260 g/mol. The monoisotopic (exact) mass is 286 g/mol. The number of carbonyl (C=O) groups is 2. The molecule has 0 aliphatic carbocycles. The van der Waals surface area contributed by atoms with E-state index < -0.39 is 11.4 Å². The lowest BCUT2D eigenvalue weighted by Crippen LogP contribution is -2.51. The lowest BCUT2D eigenvalue weighted by molar-refractivity contribution is -0.154. The highest BCUT2D eigenvalue weighted by Gasteiger charge is 2.40. The van der Waals surface area contributed by atoms with E-state index in [1.165, 1.54) is 0 Å². The van der Waals surface area contributed by atoms with Gasteiger partial charge in [0.25, 0.3) is 0 Å². The summed E-state index contributed by atoms with van der Waals surface area (Å²) in [7, 11) is 0. The molecule has 1 saturated heterocycles. The molecule has 0 aromatic heterocycles. The normalized spacial score (nSPS) is 17.8. The van der Waals surface area contributed by atoms with Gasteiger partial charge >= 0.3 is 12.0 Å². The van der Waals surface area contributed by atoms with E-state index in [0.717, 1.165) is 6.42 Å². The second-order valence-electron chi connectivity index (χ2n) is 5.64. The van der Waals surface area contributed by atoms with Crippen LogP contribution in [0.2, 0.25) is 0 Å². The maximum absolute atomic E-state index is 12.2. The third kappa shape index (κ3) is 4.10. The van der Waals surface area contributed by atoms with Crippen molar-refractivity contribution in [1.82, 2.24) is 10.2 Å². The van der Waals surface area contributed by atoms with Gasteiger partial charge in [0.05, 0.1) is 5.41 Å². The lowest BCUT2D eigenvalue weighted by Gasteiger charge is -2.34. The molecule has 0 atom stereocenters. The number of nitrogens with one attached hydrogen (secondary N) is 1. The smallest absolute Gasteiger partial charge is 0.317 e. The standard InChI is InChI=1S/C14H26N2O4/c1-4-7-16(11(2)3)13(19)15-10-14(12(17)18)5-8-20-9-6-14/h11H,4-10H2,1-3H3,(H,15,19)(H,17,18). The van der Waals surface area contributed by atoms with E-state index in [-0.39, 0.29) is 18.6 Å².